The van der Waals surface area contributed by atoms with E-state index in [1.165, 1.54) is 6.92 Å². The number of carbonyl (C=O) groups excluding carboxylic acids is 2. The fourth-order valence-corrected chi connectivity index (χ4v) is 2.35. The molecule has 0 N–H and O–H groups in total. The average molecular weight is 286 g/mol. The van der Waals surface area contributed by atoms with Crippen LogP contribution in [0.4, 0.5) is 0 Å². The molecule has 0 atom stereocenters. The molecule has 1 aliphatic rings. The van der Waals surface area contributed by atoms with Gasteiger partial charge in [-0.15, -0.1) is 0 Å². The van der Waals surface area contributed by atoms with E-state index in [1.807, 2.05) is 4.90 Å². The van der Waals surface area contributed by atoms with Crippen LogP contribution in [0.25, 0.3) is 0 Å². The average Bonchev–Trinajstić information content (AvgIpc) is 2.49. The maximum absolute atomic E-state index is 12.0. The summed E-state index contributed by atoms with van der Waals surface area (Å²) in [4.78, 5) is 25.3. The van der Waals surface area contributed by atoms with Gasteiger partial charge in [0, 0.05) is 18.7 Å². The van der Waals surface area contributed by atoms with E-state index in [0.717, 1.165) is 25.9 Å². The number of nitrogens with zero attached hydrogens (tertiary/aromatic N) is 2. The van der Waals surface area contributed by atoms with E-state index < -0.39 is 0 Å². The largest absolute Gasteiger partial charge is 0.459 e. The van der Waals surface area contributed by atoms with Crippen molar-refractivity contribution >= 4 is 11.8 Å². The number of benzene rings is 1. The first-order valence-electron chi connectivity index (χ1n) is 7.01. The van der Waals surface area contributed by atoms with E-state index in [2.05, 4.69) is 6.07 Å². The van der Waals surface area contributed by atoms with Gasteiger partial charge in [0.15, 0.2) is 5.78 Å². The molecule has 0 spiro atoms. The summed E-state index contributed by atoms with van der Waals surface area (Å²) in [5.74, 6) is -0.386. The number of piperidine rings is 1. The van der Waals surface area contributed by atoms with Gasteiger partial charge in [-0.3, -0.25) is 9.69 Å². The van der Waals surface area contributed by atoms with Crippen molar-refractivity contribution in [3.63, 3.8) is 0 Å². The summed E-state index contributed by atoms with van der Waals surface area (Å²) >= 11 is 0. The Balaban J connectivity index is 1.87. The van der Waals surface area contributed by atoms with E-state index in [-0.39, 0.29) is 17.9 Å². The fourth-order valence-electron chi connectivity index (χ4n) is 2.35. The SMILES string of the molecule is CC(=O)c1ccc(C(=O)OC2CCN(CC#N)CC2)cc1. The number of Topliss-reactive ketones (excluding diaryl/α,β-unsaturated/α-hetero) is 1. The van der Waals surface area contributed by atoms with Crippen molar-refractivity contribution in [2.75, 3.05) is 19.6 Å². The van der Waals surface area contributed by atoms with Crippen molar-refractivity contribution in [2.45, 2.75) is 25.9 Å². The van der Waals surface area contributed by atoms with Gasteiger partial charge in [0.25, 0.3) is 0 Å². The third-order valence-electron chi connectivity index (χ3n) is 3.63. The Labute approximate surface area is 124 Å². The van der Waals surface area contributed by atoms with E-state index in [1.54, 1.807) is 24.3 Å². The van der Waals surface area contributed by atoms with Gasteiger partial charge in [-0.25, -0.2) is 4.79 Å². The molecule has 110 valence electrons. The van der Waals surface area contributed by atoms with Gasteiger partial charge >= 0.3 is 5.97 Å². The van der Waals surface area contributed by atoms with Crippen LogP contribution < -0.4 is 0 Å². The number of hydrogen-bond acceptors (Lipinski definition) is 5. The minimum atomic E-state index is -0.358. The van der Waals surface area contributed by atoms with E-state index >= 15 is 0 Å². The normalized spacial score (nSPS) is 16.2. The first-order chi connectivity index (χ1) is 10.1. The van der Waals surface area contributed by atoms with Gasteiger partial charge in [-0.1, -0.05) is 12.1 Å². The van der Waals surface area contributed by atoms with E-state index in [9.17, 15) is 9.59 Å². The second-order valence-electron chi connectivity index (χ2n) is 5.17. The molecule has 0 unspecified atom stereocenters. The molecular formula is C16H18N2O3. The number of nitriles is 1. The molecule has 0 bridgehead atoms. The third kappa shape index (κ3) is 4.14. The highest BCUT2D eigenvalue weighted by Gasteiger charge is 2.22. The summed E-state index contributed by atoms with van der Waals surface area (Å²) in [5, 5.41) is 8.64. The van der Waals surface area contributed by atoms with Crippen LogP contribution in [-0.2, 0) is 4.74 Å². The highest BCUT2D eigenvalue weighted by molar-refractivity contribution is 5.96. The van der Waals surface area contributed by atoms with Crippen LogP contribution in [-0.4, -0.2) is 42.4 Å². The highest BCUT2D eigenvalue weighted by atomic mass is 16.5. The van der Waals surface area contributed by atoms with Crippen molar-refractivity contribution in [3.8, 4) is 6.07 Å². The zero-order chi connectivity index (χ0) is 15.2. The molecular weight excluding hydrogens is 268 g/mol. The Kier molecular flexibility index (Phi) is 5.07. The molecule has 2 rings (SSSR count). The van der Waals surface area contributed by atoms with Crippen LogP contribution in [0.2, 0.25) is 0 Å². The van der Waals surface area contributed by atoms with Crippen LogP contribution in [0.15, 0.2) is 24.3 Å². The third-order valence-corrected chi connectivity index (χ3v) is 3.63. The van der Waals surface area contributed by atoms with Crippen LogP contribution in [0, 0.1) is 11.3 Å². The first-order valence-corrected chi connectivity index (χ1v) is 7.01. The zero-order valence-electron chi connectivity index (χ0n) is 12.0. The summed E-state index contributed by atoms with van der Waals surface area (Å²) in [6, 6.07) is 8.62. The van der Waals surface area contributed by atoms with Crippen LogP contribution in [0.1, 0.15) is 40.5 Å². The highest BCUT2D eigenvalue weighted by Crippen LogP contribution is 2.16. The topological polar surface area (TPSA) is 70.4 Å². The van der Waals surface area contributed by atoms with Gasteiger partial charge in [-0.2, -0.15) is 5.26 Å². The molecule has 0 radical (unpaired) electrons. The fraction of sp³-hybridized carbons (Fsp3) is 0.438. The molecule has 1 heterocycles. The number of ether oxygens (including phenoxy) is 1. The molecule has 1 aromatic rings. The Morgan fingerprint density at radius 3 is 2.33 bits per heavy atom. The minimum Gasteiger partial charge on any atom is -0.459 e. The number of hydrogen-bond donors (Lipinski definition) is 0. The van der Waals surface area contributed by atoms with E-state index in [4.69, 9.17) is 10.00 Å². The van der Waals surface area contributed by atoms with Crippen molar-refractivity contribution in [1.82, 2.24) is 4.90 Å². The second kappa shape index (κ2) is 7.00. The van der Waals surface area contributed by atoms with Crippen molar-refractivity contribution in [3.05, 3.63) is 35.4 Å². The Bertz CT molecular complexity index is 552. The van der Waals surface area contributed by atoms with Crippen LogP contribution in [0.3, 0.4) is 0 Å². The smallest absolute Gasteiger partial charge is 0.338 e. The molecule has 0 amide bonds. The molecule has 1 saturated heterocycles. The lowest BCUT2D eigenvalue weighted by Gasteiger charge is -2.29. The maximum atomic E-state index is 12.0. The molecule has 21 heavy (non-hydrogen) atoms. The Hall–Kier alpha value is -2.19. The summed E-state index contributed by atoms with van der Waals surface area (Å²) in [6.45, 7) is 3.46. The van der Waals surface area contributed by atoms with Crippen molar-refractivity contribution < 1.29 is 14.3 Å². The van der Waals surface area contributed by atoms with Gasteiger partial charge in [0.2, 0.25) is 0 Å². The molecule has 0 aliphatic carbocycles. The van der Waals surface area contributed by atoms with Crippen LogP contribution >= 0.6 is 0 Å². The monoisotopic (exact) mass is 286 g/mol. The molecule has 1 aliphatic heterocycles. The van der Waals surface area contributed by atoms with Gasteiger partial charge in [0.1, 0.15) is 6.10 Å². The summed E-state index contributed by atoms with van der Waals surface area (Å²) < 4.78 is 5.47. The van der Waals surface area contributed by atoms with Crippen LogP contribution in [0.5, 0.6) is 0 Å². The quantitative estimate of drug-likeness (QED) is 0.481. The van der Waals surface area contributed by atoms with Gasteiger partial charge < -0.3 is 4.74 Å². The summed E-state index contributed by atoms with van der Waals surface area (Å²) in [7, 11) is 0. The van der Waals surface area contributed by atoms with Gasteiger partial charge in [0.05, 0.1) is 18.2 Å². The molecule has 0 saturated carbocycles. The predicted molar refractivity (Wildman–Crippen MR) is 76.9 cm³/mol. The van der Waals surface area contributed by atoms with E-state index in [0.29, 0.717) is 17.7 Å². The lowest BCUT2D eigenvalue weighted by molar-refractivity contribution is 0.0127. The Morgan fingerprint density at radius 1 is 1.24 bits per heavy atom. The standard InChI is InChI=1S/C16H18N2O3/c1-12(19)13-2-4-14(5-3-13)16(20)21-15-6-9-18(10-7-15)11-8-17/h2-5,15H,6-7,9-11H2,1H3. The number of likely N-dealkylation sites (tertiary alicyclic amines) is 1. The number of carbonyl (C=O) groups is 2. The Morgan fingerprint density at radius 2 is 1.81 bits per heavy atom. The number of ketones is 1. The second-order valence-corrected chi connectivity index (χ2v) is 5.17. The lowest BCUT2D eigenvalue weighted by Crippen LogP contribution is -2.38. The molecule has 5 heteroatoms. The molecule has 1 fully saturated rings. The van der Waals surface area contributed by atoms with Gasteiger partial charge in [-0.05, 0) is 31.9 Å². The summed E-state index contributed by atoms with van der Waals surface area (Å²) in [6.07, 6.45) is 1.40. The van der Waals surface area contributed by atoms with Crippen molar-refractivity contribution in [1.29, 1.82) is 5.26 Å². The maximum Gasteiger partial charge on any atom is 0.338 e. The molecule has 5 nitrogen and oxygen atoms in total. The molecule has 1 aromatic carbocycles. The number of rotatable bonds is 4. The first kappa shape index (κ1) is 15.2. The zero-order valence-corrected chi connectivity index (χ0v) is 12.0. The minimum absolute atomic E-state index is 0.0280. The van der Waals surface area contributed by atoms with Crippen molar-refractivity contribution in [2.24, 2.45) is 0 Å². The predicted octanol–water partition coefficient (Wildman–Crippen LogP) is 2.03. The summed E-state index contributed by atoms with van der Waals surface area (Å²) in [5.41, 5.74) is 1.04. The number of esters is 1. The molecule has 0 aromatic heterocycles. The lowest BCUT2D eigenvalue weighted by atomic mass is 10.1.